The zero-order chi connectivity index (χ0) is 20.5. The maximum Gasteiger partial charge on any atom is 0.261 e. The first-order chi connectivity index (χ1) is 13.9. The summed E-state index contributed by atoms with van der Waals surface area (Å²) in [5.41, 5.74) is 2.89. The SMILES string of the molecule is CC(=O)N(c1cccc(C)c1)c1nc(Cn2cnc3cc(Cl)ccc3c2=O)cs1. The molecule has 0 unspecified atom stereocenters. The average molecular weight is 425 g/mol. The van der Waals surface area contributed by atoms with Crippen LogP contribution in [0.15, 0.2) is 59.0 Å². The lowest BCUT2D eigenvalue weighted by molar-refractivity contribution is -0.115. The Morgan fingerprint density at radius 2 is 2.07 bits per heavy atom. The molecule has 0 spiro atoms. The van der Waals surface area contributed by atoms with Crippen LogP contribution in [0.4, 0.5) is 10.8 Å². The van der Waals surface area contributed by atoms with Crippen molar-refractivity contribution in [2.24, 2.45) is 0 Å². The molecule has 4 rings (SSSR count). The molecular weight excluding hydrogens is 408 g/mol. The molecule has 0 saturated heterocycles. The molecule has 8 heteroatoms. The van der Waals surface area contributed by atoms with E-state index in [0.29, 0.717) is 26.8 Å². The summed E-state index contributed by atoms with van der Waals surface area (Å²) in [5, 5.41) is 3.44. The van der Waals surface area contributed by atoms with Crippen molar-refractivity contribution >= 4 is 50.6 Å². The highest BCUT2D eigenvalue weighted by molar-refractivity contribution is 7.14. The molecule has 1 amide bonds. The van der Waals surface area contributed by atoms with Crippen LogP contribution < -0.4 is 10.5 Å². The molecular formula is C21H17ClN4O2S. The van der Waals surface area contributed by atoms with Crippen LogP contribution in [0.5, 0.6) is 0 Å². The van der Waals surface area contributed by atoms with Gasteiger partial charge in [0, 0.05) is 17.3 Å². The summed E-state index contributed by atoms with van der Waals surface area (Å²) in [6, 6.07) is 12.7. The Morgan fingerprint density at radius 3 is 2.83 bits per heavy atom. The van der Waals surface area contributed by atoms with Crippen molar-refractivity contribution < 1.29 is 4.79 Å². The van der Waals surface area contributed by atoms with Gasteiger partial charge in [-0.05, 0) is 42.8 Å². The quantitative estimate of drug-likeness (QED) is 0.482. The normalized spacial score (nSPS) is 11.0. The van der Waals surface area contributed by atoms with Gasteiger partial charge in [-0.25, -0.2) is 9.97 Å². The maximum atomic E-state index is 12.7. The standard InChI is InChI=1S/C21H17ClN4O2S/c1-13-4-3-5-17(8-13)26(14(2)27)21-24-16(11-29-21)10-25-12-23-19-9-15(22)6-7-18(19)20(25)28/h3-9,11-12H,10H2,1-2H3. The fourth-order valence-corrected chi connectivity index (χ4v) is 4.13. The minimum absolute atomic E-state index is 0.127. The summed E-state index contributed by atoms with van der Waals surface area (Å²) >= 11 is 7.33. The predicted octanol–water partition coefficient (Wildman–Crippen LogP) is 4.55. The summed E-state index contributed by atoms with van der Waals surface area (Å²) < 4.78 is 1.50. The van der Waals surface area contributed by atoms with Gasteiger partial charge in [-0.3, -0.25) is 19.1 Å². The van der Waals surface area contributed by atoms with Gasteiger partial charge in [0.1, 0.15) is 0 Å². The lowest BCUT2D eigenvalue weighted by atomic mass is 10.2. The minimum atomic E-state index is -0.164. The van der Waals surface area contributed by atoms with Gasteiger partial charge in [0.25, 0.3) is 5.56 Å². The van der Waals surface area contributed by atoms with Crippen LogP contribution >= 0.6 is 22.9 Å². The molecule has 0 radical (unpaired) electrons. The molecule has 0 aliphatic rings. The number of nitrogens with zero attached hydrogens (tertiary/aromatic N) is 4. The van der Waals surface area contributed by atoms with Gasteiger partial charge in [-0.2, -0.15) is 0 Å². The molecule has 6 nitrogen and oxygen atoms in total. The summed E-state index contributed by atoms with van der Waals surface area (Å²) in [6.45, 7) is 3.74. The Bertz CT molecular complexity index is 1280. The number of carbonyl (C=O) groups excluding carboxylic acids is 1. The molecule has 29 heavy (non-hydrogen) atoms. The zero-order valence-electron chi connectivity index (χ0n) is 15.8. The number of rotatable bonds is 4. The highest BCUT2D eigenvalue weighted by Gasteiger charge is 2.18. The summed E-state index contributed by atoms with van der Waals surface area (Å²) in [7, 11) is 0. The number of benzene rings is 2. The lowest BCUT2D eigenvalue weighted by Gasteiger charge is -2.18. The highest BCUT2D eigenvalue weighted by atomic mass is 35.5. The molecule has 0 bridgehead atoms. The Kier molecular flexibility index (Phi) is 5.17. The summed E-state index contributed by atoms with van der Waals surface area (Å²) in [6.07, 6.45) is 1.49. The molecule has 0 aliphatic heterocycles. The molecule has 0 atom stereocenters. The fourth-order valence-electron chi connectivity index (χ4n) is 3.08. The monoisotopic (exact) mass is 424 g/mol. The topological polar surface area (TPSA) is 68.1 Å². The van der Waals surface area contributed by atoms with E-state index < -0.39 is 0 Å². The number of aromatic nitrogens is 3. The first-order valence-electron chi connectivity index (χ1n) is 8.89. The summed E-state index contributed by atoms with van der Waals surface area (Å²) in [4.78, 5) is 35.5. The smallest absolute Gasteiger partial charge is 0.261 e. The third kappa shape index (κ3) is 3.92. The van der Waals surface area contributed by atoms with Crippen molar-refractivity contribution in [2.75, 3.05) is 4.90 Å². The van der Waals surface area contributed by atoms with Crippen LogP contribution in [0.1, 0.15) is 18.2 Å². The van der Waals surface area contributed by atoms with E-state index >= 15 is 0 Å². The Hall–Kier alpha value is -3.03. The lowest BCUT2D eigenvalue weighted by Crippen LogP contribution is -2.23. The molecule has 146 valence electrons. The van der Waals surface area contributed by atoms with E-state index in [1.807, 2.05) is 36.6 Å². The fraction of sp³-hybridized carbons (Fsp3) is 0.143. The van der Waals surface area contributed by atoms with Crippen molar-refractivity contribution in [1.82, 2.24) is 14.5 Å². The highest BCUT2D eigenvalue weighted by Crippen LogP contribution is 2.29. The number of thiazole rings is 1. The van der Waals surface area contributed by atoms with Crippen LogP contribution in [0, 0.1) is 6.92 Å². The molecule has 0 aliphatic carbocycles. The van der Waals surface area contributed by atoms with Crippen LogP contribution in [-0.2, 0) is 11.3 Å². The number of fused-ring (bicyclic) bond motifs is 1. The van der Waals surface area contributed by atoms with Gasteiger partial charge in [0.15, 0.2) is 5.13 Å². The maximum absolute atomic E-state index is 12.7. The number of hydrogen-bond acceptors (Lipinski definition) is 5. The molecule has 2 aromatic carbocycles. The van der Waals surface area contributed by atoms with Crippen molar-refractivity contribution in [3.63, 3.8) is 0 Å². The first-order valence-corrected chi connectivity index (χ1v) is 10.1. The van der Waals surface area contributed by atoms with Crippen LogP contribution in [0.25, 0.3) is 10.9 Å². The third-order valence-electron chi connectivity index (χ3n) is 4.43. The van der Waals surface area contributed by atoms with E-state index in [1.165, 1.54) is 29.2 Å². The van der Waals surface area contributed by atoms with E-state index in [1.54, 1.807) is 23.1 Å². The van der Waals surface area contributed by atoms with Crippen molar-refractivity contribution in [2.45, 2.75) is 20.4 Å². The first kappa shape index (κ1) is 19.3. The average Bonchev–Trinajstić information content (AvgIpc) is 3.12. The van der Waals surface area contributed by atoms with Gasteiger partial charge in [-0.15, -0.1) is 11.3 Å². The van der Waals surface area contributed by atoms with Crippen LogP contribution in [0.2, 0.25) is 5.02 Å². The molecule has 0 N–H and O–H groups in total. The molecule has 2 heterocycles. The van der Waals surface area contributed by atoms with E-state index in [-0.39, 0.29) is 18.0 Å². The van der Waals surface area contributed by atoms with E-state index in [4.69, 9.17) is 11.6 Å². The van der Waals surface area contributed by atoms with Gasteiger partial charge in [0.2, 0.25) is 5.91 Å². The largest absolute Gasteiger partial charge is 0.293 e. The number of halogens is 1. The number of amides is 1. The molecule has 0 fully saturated rings. The molecule has 2 aromatic heterocycles. The molecule has 0 saturated carbocycles. The minimum Gasteiger partial charge on any atom is -0.293 e. The van der Waals surface area contributed by atoms with Gasteiger partial charge < -0.3 is 0 Å². The number of aryl methyl sites for hydroxylation is 1. The van der Waals surface area contributed by atoms with Crippen molar-refractivity contribution in [3.05, 3.63) is 80.8 Å². The summed E-state index contributed by atoms with van der Waals surface area (Å²) in [5.74, 6) is -0.127. The van der Waals surface area contributed by atoms with Crippen LogP contribution in [-0.4, -0.2) is 20.4 Å². The van der Waals surface area contributed by atoms with Gasteiger partial charge in [-0.1, -0.05) is 23.7 Å². The molecule has 4 aromatic rings. The Morgan fingerprint density at radius 1 is 1.24 bits per heavy atom. The Balaban J connectivity index is 1.66. The Labute approximate surface area is 176 Å². The van der Waals surface area contributed by atoms with Crippen molar-refractivity contribution in [3.8, 4) is 0 Å². The number of hydrogen-bond donors (Lipinski definition) is 0. The number of carbonyl (C=O) groups is 1. The van der Waals surface area contributed by atoms with Crippen molar-refractivity contribution in [1.29, 1.82) is 0 Å². The van der Waals surface area contributed by atoms with E-state index in [9.17, 15) is 9.59 Å². The predicted molar refractivity (Wildman–Crippen MR) is 116 cm³/mol. The number of anilines is 2. The zero-order valence-corrected chi connectivity index (χ0v) is 17.4. The second kappa shape index (κ2) is 7.77. The van der Waals surface area contributed by atoms with E-state index in [0.717, 1.165) is 11.3 Å². The van der Waals surface area contributed by atoms with E-state index in [2.05, 4.69) is 9.97 Å². The third-order valence-corrected chi connectivity index (χ3v) is 5.53. The second-order valence-electron chi connectivity index (χ2n) is 6.65. The van der Waals surface area contributed by atoms with Gasteiger partial charge in [0.05, 0.1) is 35.2 Å². The second-order valence-corrected chi connectivity index (χ2v) is 7.93. The van der Waals surface area contributed by atoms with Gasteiger partial charge >= 0.3 is 0 Å². The van der Waals surface area contributed by atoms with Crippen LogP contribution in [0.3, 0.4) is 0 Å².